The third-order valence-electron chi connectivity index (χ3n) is 10.5. The molecule has 0 heterocycles. The molecule has 0 bridgehead atoms. The molecule has 0 rings (SSSR count). The zero-order chi connectivity index (χ0) is 49.3. The van der Waals surface area contributed by atoms with Gasteiger partial charge >= 0.3 is 25.8 Å². The topological polar surface area (TPSA) is 150 Å². The second kappa shape index (κ2) is 50.5. The molecule has 65 heavy (non-hydrogen) atoms. The average Bonchev–Trinajstić information content (AvgIpc) is 3.28. The van der Waals surface area contributed by atoms with E-state index in [0.29, 0.717) is 12.8 Å². The molecule has 0 fully saturated rings. The van der Waals surface area contributed by atoms with Gasteiger partial charge < -0.3 is 19.7 Å². The van der Waals surface area contributed by atoms with Crippen LogP contribution in [0.3, 0.4) is 0 Å². The fourth-order valence-corrected chi connectivity index (χ4v) is 7.69. The van der Waals surface area contributed by atoms with E-state index in [-0.39, 0.29) is 44.6 Å². The first-order chi connectivity index (χ1) is 31.3. The summed E-state index contributed by atoms with van der Waals surface area (Å²) in [6, 6.07) is -0.669. The Morgan fingerprint density at radius 3 is 1.29 bits per heavy atom. The number of hydrogen-bond acceptors (Lipinski definition) is 10. The predicted molar refractivity (Wildman–Crippen MR) is 274 cm³/mol. The van der Waals surface area contributed by atoms with Gasteiger partial charge in [0.1, 0.15) is 6.61 Å². The summed E-state index contributed by atoms with van der Waals surface area (Å²) in [5.74, 6) is -0.898. The van der Waals surface area contributed by atoms with Crippen LogP contribution in [0.2, 0.25) is 0 Å². The second-order valence-electron chi connectivity index (χ2n) is 18.1. The lowest BCUT2D eigenvalue weighted by Gasteiger charge is -2.22. The van der Waals surface area contributed by atoms with Gasteiger partial charge in [-0.1, -0.05) is 242 Å². The number of carbonyl (C=O) groups excluding carboxylic acids is 3. The molecule has 2 atom stereocenters. The first-order valence-corrected chi connectivity index (χ1v) is 28.6. The highest BCUT2D eigenvalue weighted by molar-refractivity contribution is 7.78. The van der Waals surface area contributed by atoms with Crippen molar-refractivity contribution in [3.8, 4) is 0 Å². The largest absolute Gasteiger partial charge is 0.472 e. The maximum Gasteiger partial charge on any atom is 0.472 e. The third-order valence-corrected chi connectivity index (χ3v) is 11.8. The van der Waals surface area contributed by atoms with Crippen LogP contribution >= 0.6 is 20.6 Å². The number of carbonyl (C=O) groups is 3. The van der Waals surface area contributed by atoms with E-state index in [9.17, 15) is 23.8 Å². The van der Waals surface area contributed by atoms with E-state index in [4.69, 9.17) is 23.4 Å². The van der Waals surface area contributed by atoms with E-state index < -0.39 is 38.5 Å². The lowest BCUT2D eigenvalue weighted by atomic mass is 9.99. The van der Waals surface area contributed by atoms with E-state index in [2.05, 4.69) is 32.0 Å². The van der Waals surface area contributed by atoms with Crippen molar-refractivity contribution < 1.29 is 47.2 Å². The number of urea groups is 1. The van der Waals surface area contributed by atoms with Gasteiger partial charge in [-0.15, -0.1) is 4.47 Å². The standard InChI is InChI=1S/C47H93N2O10PS.2C2H6/c1-6-8-10-12-14-16-18-20-22-24-26-28-30-32-34-36-44(50)55-40-43(41-58-60(53,54)57-39-38-48-46(52)49(61)56-42-47(3,4)5)59-45(51)37-35-33-31-29-27-25-23-21-19-17-15-13-11-9-7-2;2*1-2/h43,61H,6-42H2,1-5H3,(H,48,52)(H,53,54);2*1-2H3/t43-;;/m1../s1. The lowest BCUT2D eigenvalue weighted by Crippen LogP contribution is -2.37. The normalized spacial score (nSPS) is 12.5. The van der Waals surface area contributed by atoms with Crippen molar-refractivity contribution in [3.63, 3.8) is 0 Å². The molecular weight excluding hydrogens is 864 g/mol. The Balaban J connectivity index is -0.00000932. The van der Waals surface area contributed by atoms with E-state index >= 15 is 0 Å². The molecule has 1 unspecified atom stereocenters. The molecule has 0 saturated heterocycles. The van der Waals surface area contributed by atoms with Crippen molar-refractivity contribution >= 4 is 38.6 Å². The number of unbranched alkanes of at least 4 members (excludes halogenated alkanes) is 28. The Bertz CT molecular complexity index is 1100. The minimum atomic E-state index is -4.60. The summed E-state index contributed by atoms with van der Waals surface area (Å²) in [6.45, 7) is 17.3. The molecule has 2 N–H and O–H groups in total. The minimum absolute atomic E-state index is 0.128. The fraction of sp³-hybridized carbons (Fsp3) is 0.941. The Morgan fingerprint density at radius 1 is 0.569 bits per heavy atom. The maximum absolute atomic E-state index is 12.8. The zero-order valence-corrected chi connectivity index (χ0v) is 45.5. The number of hydrogen-bond donors (Lipinski definition) is 3. The number of ether oxygens (including phenoxy) is 2. The molecule has 0 aliphatic rings. The SMILES string of the molecule is CC.CC.CCCCCCCCCCCCCCCCCC(=O)OC[C@H](COP(=O)(O)OCCNC(=O)N(S)OCC(C)(C)C)OC(=O)CCCCCCCCCCCCCCCCC. The van der Waals surface area contributed by atoms with Crippen LogP contribution in [0.1, 0.15) is 268 Å². The number of nitrogens with one attached hydrogen (secondary N) is 1. The Hall–Kier alpha value is -1.37. The first kappa shape index (κ1) is 67.9. The summed E-state index contributed by atoms with van der Waals surface area (Å²) >= 11 is 3.99. The van der Waals surface area contributed by atoms with Crippen LogP contribution < -0.4 is 5.32 Å². The maximum atomic E-state index is 12.8. The number of hydroxylamine groups is 1. The number of amides is 2. The molecule has 0 aromatic heterocycles. The van der Waals surface area contributed by atoms with Crippen molar-refractivity contribution in [1.82, 2.24) is 9.79 Å². The van der Waals surface area contributed by atoms with E-state index in [1.807, 2.05) is 48.5 Å². The highest BCUT2D eigenvalue weighted by Crippen LogP contribution is 2.43. The molecule has 390 valence electrons. The molecule has 2 amide bonds. The summed E-state index contributed by atoms with van der Waals surface area (Å²) in [7, 11) is -4.60. The van der Waals surface area contributed by atoms with Gasteiger partial charge in [-0.2, -0.15) is 0 Å². The van der Waals surface area contributed by atoms with Crippen molar-refractivity contribution in [2.24, 2.45) is 5.41 Å². The first-order valence-electron chi connectivity index (χ1n) is 26.7. The van der Waals surface area contributed by atoms with Crippen molar-refractivity contribution in [2.75, 3.05) is 33.0 Å². The summed E-state index contributed by atoms with van der Waals surface area (Å²) in [5, 5.41) is 2.46. The van der Waals surface area contributed by atoms with Gasteiger partial charge in [0.05, 0.1) is 19.8 Å². The van der Waals surface area contributed by atoms with Gasteiger partial charge in [-0.25, -0.2) is 9.36 Å². The smallest absolute Gasteiger partial charge is 0.462 e. The molecule has 0 aliphatic heterocycles. The van der Waals surface area contributed by atoms with Crippen LogP contribution in [0.5, 0.6) is 0 Å². The minimum Gasteiger partial charge on any atom is -0.462 e. The Kier molecular flexibility index (Phi) is 52.8. The van der Waals surface area contributed by atoms with Crippen LogP contribution in [0.4, 0.5) is 4.79 Å². The molecule has 0 aromatic rings. The highest BCUT2D eigenvalue weighted by Gasteiger charge is 2.26. The molecular formula is C51H105N2O10PS. The van der Waals surface area contributed by atoms with Gasteiger partial charge in [0, 0.05) is 19.4 Å². The summed E-state index contributed by atoms with van der Waals surface area (Å²) in [5.41, 5.74) is -0.187. The van der Waals surface area contributed by atoms with Crippen molar-refractivity contribution in [1.29, 1.82) is 0 Å². The van der Waals surface area contributed by atoms with Crippen molar-refractivity contribution in [3.05, 3.63) is 0 Å². The van der Waals surface area contributed by atoms with Crippen LogP contribution in [0.15, 0.2) is 0 Å². The van der Waals surface area contributed by atoms with Gasteiger partial charge in [0.15, 0.2) is 6.10 Å². The molecule has 14 heteroatoms. The van der Waals surface area contributed by atoms with Crippen LogP contribution in [0, 0.1) is 5.41 Å². The quantitative estimate of drug-likeness (QED) is 0.0177. The second-order valence-corrected chi connectivity index (χ2v) is 19.9. The lowest BCUT2D eigenvalue weighted by molar-refractivity contribution is -0.161. The number of phosphoric acid groups is 1. The fourth-order valence-electron chi connectivity index (χ4n) is 6.81. The Morgan fingerprint density at radius 2 is 0.923 bits per heavy atom. The number of thiol groups is 1. The van der Waals surface area contributed by atoms with Gasteiger partial charge in [0.25, 0.3) is 0 Å². The molecule has 0 saturated carbocycles. The molecule has 0 spiro atoms. The van der Waals surface area contributed by atoms with Crippen LogP contribution in [-0.2, 0) is 37.5 Å². The van der Waals surface area contributed by atoms with Gasteiger partial charge in [0.2, 0.25) is 0 Å². The number of rotatable bonds is 44. The summed E-state index contributed by atoms with van der Waals surface area (Å²) < 4.78 is 34.5. The number of nitrogens with zero attached hydrogens (tertiary/aromatic N) is 1. The molecule has 0 aromatic carbocycles. The van der Waals surface area contributed by atoms with E-state index in [0.717, 1.165) is 43.0 Å². The molecule has 12 nitrogen and oxygen atoms in total. The average molecular weight is 969 g/mol. The van der Waals surface area contributed by atoms with E-state index in [1.54, 1.807) is 0 Å². The number of phosphoric ester groups is 1. The van der Waals surface area contributed by atoms with Crippen LogP contribution in [-0.4, -0.2) is 66.4 Å². The predicted octanol–water partition coefficient (Wildman–Crippen LogP) is 16.0. The van der Waals surface area contributed by atoms with Gasteiger partial charge in [-0.05, 0) is 31.1 Å². The van der Waals surface area contributed by atoms with Crippen LogP contribution in [0.25, 0.3) is 0 Å². The summed E-state index contributed by atoms with van der Waals surface area (Å²) in [4.78, 5) is 53.1. The third kappa shape index (κ3) is 53.5. The van der Waals surface area contributed by atoms with Gasteiger partial charge in [-0.3, -0.25) is 23.5 Å². The zero-order valence-electron chi connectivity index (χ0n) is 43.7. The monoisotopic (exact) mass is 969 g/mol. The molecule has 0 aliphatic carbocycles. The van der Waals surface area contributed by atoms with Crippen molar-refractivity contribution in [2.45, 2.75) is 274 Å². The molecule has 0 radical (unpaired) electrons. The highest BCUT2D eigenvalue weighted by atomic mass is 32.1. The number of esters is 2. The summed E-state index contributed by atoms with van der Waals surface area (Å²) in [6.07, 6.45) is 36.1. The Labute approximate surface area is 406 Å². The van der Waals surface area contributed by atoms with E-state index in [1.165, 1.54) is 141 Å².